The molecule has 1 unspecified atom stereocenters. The summed E-state index contributed by atoms with van der Waals surface area (Å²) in [5.74, 6) is 1.32. The van der Waals surface area contributed by atoms with E-state index in [1.54, 1.807) is 6.07 Å². The van der Waals surface area contributed by atoms with E-state index in [9.17, 15) is 5.11 Å². The monoisotopic (exact) mass is 206 g/mol. The van der Waals surface area contributed by atoms with Gasteiger partial charge in [0, 0.05) is 5.56 Å². The van der Waals surface area contributed by atoms with Crippen LogP contribution in [0.2, 0.25) is 0 Å². The lowest BCUT2D eigenvalue weighted by atomic mass is 9.88. The first-order chi connectivity index (χ1) is 7.06. The maximum Gasteiger partial charge on any atom is 0.123 e. The Hall–Kier alpha value is -1.18. The average molecular weight is 206 g/mol. The lowest BCUT2D eigenvalue weighted by Crippen LogP contribution is -2.35. The van der Waals surface area contributed by atoms with Gasteiger partial charge in [-0.05, 0) is 50.8 Å². The van der Waals surface area contributed by atoms with Gasteiger partial charge in [0.15, 0.2) is 0 Å². The Kier molecular flexibility index (Phi) is 2.37. The number of fused-ring (bicyclic) bond motifs is 1. The molecule has 2 rings (SSSR count). The summed E-state index contributed by atoms with van der Waals surface area (Å²) in [6.07, 6.45) is 3.05. The van der Waals surface area contributed by atoms with Crippen molar-refractivity contribution >= 4 is 0 Å². The quantitative estimate of drug-likeness (QED) is 0.764. The Bertz CT molecular complexity index is 384. The molecule has 1 N–H and O–H groups in total. The van der Waals surface area contributed by atoms with E-state index in [-0.39, 0.29) is 5.60 Å². The summed E-state index contributed by atoms with van der Waals surface area (Å²) in [5.41, 5.74) is 2.10. The molecule has 1 heterocycles. The summed E-state index contributed by atoms with van der Waals surface area (Å²) < 4.78 is 5.99. The summed E-state index contributed by atoms with van der Waals surface area (Å²) in [5, 5.41) is 9.61. The van der Waals surface area contributed by atoms with Crippen molar-refractivity contribution in [1.82, 2.24) is 0 Å². The van der Waals surface area contributed by atoms with Crippen molar-refractivity contribution in [3.8, 4) is 11.5 Å². The first kappa shape index (κ1) is 10.3. The number of phenols is 1. The van der Waals surface area contributed by atoms with Crippen LogP contribution in [0.25, 0.3) is 0 Å². The molecule has 1 aromatic carbocycles. The Morgan fingerprint density at radius 3 is 2.87 bits per heavy atom. The fraction of sp³-hybridized carbons (Fsp3) is 0.538. The minimum atomic E-state index is -0.0313. The van der Waals surface area contributed by atoms with Gasteiger partial charge in [-0.15, -0.1) is 0 Å². The Morgan fingerprint density at radius 1 is 1.47 bits per heavy atom. The average Bonchev–Trinajstić information content (AvgIpc) is 2.24. The molecule has 0 amide bonds. The molecule has 0 bridgehead atoms. The second-order valence-electron chi connectivity index (χ2n) is 4.59. The fourth-order valence-corrected chi connectivity index (χ4v) is 2.08. The van der Waals surface area contributed by atoms with Crippen LogP contribution in [0.5, 0.6) is 11.5 Å². The van der Waals surface area contributed by atoms with Crippen LogP contribution >= 0.6 is 0 Å². The third kappa shape index (κ3) is 1.69. The second-order valence-corrected chi connectivity index (χ2v) is 4.59. The van der Waals surface area contributed by atoms with Crippen molar-refractivity contribution in [2.45, 2.75) is 45.6 Å². The molecule has 0 spiro atoms. The number of benzene rings is 1. The molecule has 0 aliphatic carbocycles. The zero-order chi connectivity index (χ0) is 11.1. The fourth-order valence-electron chi connectivity index (χ4n) is 2.08. The van der Waals surface area contributed by atoms with Crippen LogP contribution < -0.4 is 4.74 Å². The van der Waals surface area contributed by atoms with E-state index in [0.29, 0.717) is 5.75 Å². The highest BCUT2D eigenvalue weighted by Gasteiger charge is 2.30. The third-order valence-electron chi connectivity index (χ3n) is 3.53. The van der Waals surface area contributed by atoms with Crippen molar-refractivity contribution < 1.29 is 9.84 Å². The van der Waals surface area contributed by atoms with Gasteiger partial charge in [-0.3, -0.25) is 0 Å². The van der Waals surface area contributed by atoms with Crippen LogP contribution in [0.15, 0.2) is 12.1 Å². The first-order valence-electron chi connectivity index (χ1n) is 5.56. The second kappa shape index (κ2) is 3.44. The largest absolute Gasteiger partial charge is 0.508 e. The molecule has 0 saturated carbocycles. The summed E-state index contributed by atoms with van der Waals surface area (Å²) in [6, 6.07) is 3.60. The molecule has 2 nitrogen and oxygen atoms in total. The zero-order valence-electron chi connectivity index (χ0n) is 9.63. The normalized spacial score (nSPS) is 24.5. The van der Waals surface area contributed by atoms with Gasteiger partial charge in [0.25, 0.3) is 0 Å². The van der Waals surface area contributed by atoms with Gasteiger partial charge in [-0.2, -0.15) is 0 Å². The van der Waals surface area contributed by atoms with E-state index < -0.39 is 0 Å². The van der Waals surface area contributed by atoms with Gasteiger partial charge >= 0.3 is 0 Å². The predicted molar refractivity (Wildman–Crippen MR) is 60.5 cm³/mol. The highest BCUT2D eigenvalue weighted by Crippen LogP contribution is 2.39. The van der Waals surface area contributed by atoms with Gasteiger partial charge < -0.3 is 9.84 Å². The lowest BCUT2D eigenvalue weighted by Gasteiger charge is -2.35. The van der Waals surface area contributed by atoms with Crippen LogP contribution in [0.3, 0.4) is 0 Å². The van der Waals surface area contributed by atoms with Crippen LogP contribution in [-0.4, -0.2) is 10.7 Å². The van der Waals surface area contributed by atoms with Gasteiger partial charge in [-0.25, -0.2) is 0 Å². The molecule has 1 aliphatic rings. The maximum absolute atomic E-state index is 9.61. The third-order valence-corrected chi connectivity index (χ3v) is 3.53. The zero-order valence-corrected chi connectivity index (χ0v) is 9.63. The highest BCUT2D eigenvalue weighted by molar-refractivity contribution is 5.48. The van der Waals surface area contributed by atoms with E-state index in [1.807, 2.05) is 13.0 Å². The number of phenolic OH excluding ortho intramolecular Hbond substituents is 1. The molecule has 0 saturated heterocycles. The van der Waals surface area contributed by atoms with Crippen LogP contribution in [0.1, 0.15) is 37.8 Å². The maximum atomic E-state index is 9.61. The van der Waals surface area contributed by atoms with Gasteiger partial charge in [0.1, 0.15) is 17.1 Å². The van der Waals surface area contributed by atoms with E-state index in [0.717, 1.165) is 30.6 Å². The van der Waals surface area contributed by atoms with Crippen molar-refractivity contribution in [3.63, 3.8) is 0 Å². The minimum absolute atomic E-state index is 0.0313. The Morgan fingerprint density at radius 2 is 2.20 bits per heavy atom. The SMILES string of the molecule is CCC1(C)CCc2c(ccc(O)c2C)O1. The summed E-state index contributed by atoms with van der Waals surface area (Å²) in [6.45, 7) is 6.25. The molecular formula is C13H18O2. The van der Waals surface area contributed by atoms with Crippen LogP contribution in [-0.2, 0) is 6.42 Å². The number of rotatable bonds is 1. The molecule has 0 fully saturated rings. The lowest BCUT2D eigenvalue weighted by molar-refractivity contribution is 0.0608. The standard InChI is InChI=1S/C13H18O2/c1-4-13(3)8-7-10-9(2)11(14)5-6-12(10)15-13/h5-6,14H,4,7-8H2,1-3H3. The Balaban J connectivity index is 2.40. The minimum Gasteiger partial charge on any atom is -0.508 e. The number of aromatic hydroxyl groups is 1. The van der Waals surface area contributed by atoms with Gasteiger partial charge in [-0.1, -0.05) is 6.92 Å². The van der Waals surface area contributed by atoms with Crippen LogP contribution in [0.4, 0.5) is 0 Å². The molecule has 2 heteroatoms. The van der Waals surface area contributed by atoms with E-state index in [2.05, 4.69) is 13.8 Å². The molecule has 15 heavy (non-hydrogen) atoms. The van der Waals surface area contributed by atoms with Crippen LogP contribution in [0, 0.1) is 6.92 Å². The number of hydrogen-bond acceptors (Lipinski definition) is 2. The molecule has 1 aromatic rings. The summed E-state index contributed by atoms with van der Waals surface area (Å²) in [4.78, 5) is 0. The van der Waals surface area contributed by atoms with E-state index >= 15 is 0 Å². The first-order valence-corrected chi connectivity index (χ1v) is 5.56. The van der Waals surface area contributed by atoms with Crippen molar-refractivity contribution in [2.24, 2.45) is 0 Å². The van der Waals surface area contributed by atoms with E-state index in [4.69, 9.17) is 4.74 Å². The molecule has 82 valence electrons. The Labute approximate surface area is 90.9 Å². The van der Waals surface area contributed by atoms with E-state index in [1.165, 1.54) is 5.56 Å². The molecule has 1 aliphatic heterocycles. The van der Waals surface area contributed by atoms with Crippen molar-refractivity contribution in [2.75, 3.05) is 0 Å². The van der Waals surface area contributed by atoms with Gasteiger partial charge in [0.2, 0.25) is 0 Å². The highest BCUT2D eigenvalue weighted by atomic mass is 16.5. The molecule has 1 atom stereocenters. The van der Waals surface area contributed by atoms with Gasteiger partial charge in [0.05, 0.1) is 0 Å². The smallest absolute Gasteiger partial charge is 0.123 e. The number of ether oxygens (including phenoxy) is 1. The molecule has 0 radical (unpaired) electrons. The molecule has 0 aromatic heterocycles. The molecular weight excluding hydrogens is 188 g/mol. The van der Waals surface area contributed by atoms with Crippen molar-refractivity contribution in [3.05, 3.63) is 23.3 Å². The topological polar surface area (TPSA) is 29.5 Å². The van der Waals surface area contributed by atoms with Crippen molar-refractivity contribution in [1.29, 1.82) is 0 Å². The number of hydrogen-bond donors (Lipinski definition) is 1. The summed E-state index contributed by atoms with van der Waals surface area (Å²) >= 11 is 0. The summed E-state index contributed by atoms with van der Waals surface area (Å²) in [7, 11) is 0. The predicted octanol–water partition coefficient (Wildman–Crippen LogP) is 3.19.